The number of carbonyl (C=O) groups is 1. The fourth-order valence-electron chi connectivity index (χ4n) is 2.83. The monoisotopic (exact) mass is 392 g/mol. The van der Waals surface area contributed by atoms with Gasteiger partial charge < -0.3 is 5.32 Å². The lowest BCUT2D eigenvalue weighted by atomic mass is 10.1. The Bertz CT molecular complexity index is 909. The number of carbonyl (C=O) groups excluding carboxylic acids is 1. The number of aryl methyl sites for hydroxylation is 2. The highest BCUT2D eigenvalue weighted by Gasteiger charge is 2.24. The third kappa shape index (κ3) is 5.37. The maximum absolute atomic E-state index is 13.2. The van der Waals surface area contributed by atoms with Crippen molar-refractivity contribution in [3.63, 3.8) is 0 Å². The molecule has 1 amide bonds. The van der Waals surface area contributed by atoms with Crippen molar-refractivity contribution in [1.82, 2.24) is 4.31 Å². The molecule has 0 aliphatic carbocycles. The molecule has 2 rings (SSSR count). The Labute approximate surface area is 160 Å². The fourth-order valence-corrected chi connectivity index (χ4v) is 4.54. The zero-order valence-corrected chi connectivity index (χ0v) is 16.6. The summed E-state index contributed by atoms with van der Waals surface area (Å²) in [6.07, 6.45) is 0.579. The van der Waals surface area contributed by atoms with Crippen LogP contribution in [0.2, 0.25) is 0 Å². The number of anilines is 1. The Morgan fingerprint density at radius 1 is 1.11 bits per heavy atom. The van der Waals surface area contributed by atoms with Gasteiger partial charge in [0, 0.05) is 25.2 Å². The van der Waals surface area contributed by atoms with Crippen molar-refractivity contribution in [2.75, 3.05) is 18.4 Å². The topological polar surface area (TPSA) is 66.5 Å². The lowest BCUT2D eigenvalue weighted by Crippen LogP contribution is -2.31. The number of hydrogen-bond acceptors (Lipinski definition) is 3. The Morgan fingerprint density at radius 3 is 2.44 bits per heavy atom. The molecule has 146 valence electrons. The minimum absolute atomic E-state index is 0.176. The van der Waals surface area contributed by atoms with E-state index in [9.17, 15) is 17.6 Å². The molecule has 0 spiro atoms. The summed E-state index contributed by atoms with van der Waals surface area (Å²) in [6, 6.07) is 11.0. The Morgan fingerprint density at radius 2 is 1.81 bits per heavy atom. The zero-order chi connectivity index (χ0) is 20.0. The molecule has 0 fully saturated rings. The van der Waals surface area contributed by atoms with E-state index in [1.165, 1.54) is 22.5 Å². The van der Waals surface area contributed by atoms with E-state index < -0.39 is 10.0 Å². The van der Waals surface area contributed by atoms with Gasteiger partial charge in [0.25, 0.3) is 0 Å². The number of rotatable bonds is 8. The summed E-state index contributed by atoms with van der Waals surface area (Å²) in [6.45, 7) is 6.06. The van der Waals surface area contributed by atoms with Gasteiger partial charge in [-0.15, -0.1) is 0 Å². The summed E-state index contributed by atoms with van der Waals surface area (Å²) in [5.74, 6) is -0.591. The molecule has 0 heterocycles. The second-order valence-electron chi connectivity index (χ2n) is 6.25. The minimum atomic E-state index is -3.61. The average molecular weight is 392 g/mol. The maximum atomic E-state index is 13.2. The van der Waals surface area contributed by atoms with Crippen LogP contribution in [0, 0.1) is 12.7 Å². The molecule has 1 N–H and O–H groups in total. The Kier molecular flexibility index (Phi) is 7.10. The van der Waals surface area contributed by atoms with Crippen LogP contribution >= 0.6 is 0 Å². The first-order valence-corrected chi connectivity index (χ1v) is 10.4. The van der Waals surface area contributed by atoms with Crippen molar-refractivity contribution in [2.24, 2.45) is 0 Å². The number of hydrogen-bond donors (Lipinski definition) is 1. The molecule has 0 atom stereocenters. The summed E-state index contributed by atoms with van der Waals surface area (Å²) >= 11 is 0. The van der Waals surface area contributed by atoms with E-state index in [1.807, 2.05) is 0 Å². The highest BCUT2D eigenvalue weighted by atomic mass is 32.2. The van der Waals surface area contributed by atoms with Crippen molar-refractivity contribution >= 4 is 21.6 Å². The van der Waals surface area contributed by atoms with Gasteiger partial charge in [0.15, 0.2) is 0 Å². The molecule has 0 bridgehead atoms. The maximum Gasteiger partial charge on any atom is 0.243 e. The summed E-state index contributed by atoms with van der Waals surface area (Å²) in [5.41, 5.74) is 1.79. The molecule has 0 aromatic heterocycles. The second-order valence-corrected chi connectivity index (χ2v) is 8.15. The van der Waals surface area contributed by atoms with Crippen molar-refractivity contribution in [2.45, 2.75) is 38.5 Å². The summed E-state index contributed by atoms with van der Waals surface area (Å²) in [7, 11) is -3.61. The van der Waals surface area contributed by atoms with Crippen molar-refractivity contribution in [3.05, 3.63) is 59.4 Å². The largest absolute Gasteiger partial charge is 0.326 e. The Balaban J connectivity index is 2.12. The first-order valence-electron chi connectivity index (χ1n) is 8.93. The van der Waals surface area contributed by atoms with Crippen LogP contribution < -0.4 is 5.32 Å². The molecule has 2 aromatic carbocycles. The van der Waals surface area contributed by atoms with Gasteiger partial charge in [0.05, 0.1) is 4.90 Å². The number of nitrogens with one attached hydrogen (secondary N) is 1. The van der Waals surface area contributed by atoms with Crippen LogP contribution in [0.5, 0.6) is 0 Å². The van der Waals surface area contributed by atoms with E-state index in [2.05, 4.69) is 5.32 Å². The first kappa shape index (κ1) is 21.1. The van der Waals surface area contributed by atoms with Crippen LogP contribution in [0.1, 0.15) is 31.4 Å². The zero-order valence-electron chi connectivity index (χ0n) is 15.8. The lowest BCUT2D eigenvalue weighted by molar-refractivity contribution is -0.116. The lowest BCUT2D eigenvalue weighted by Gasteiger charge is -2.20. The quantitative estimate of drug-likeness (QED) is 0.744. The molecule has 2 aromatic rings. The van der Waals surface area contributed by atoms with Crippen LogP contribution in [0.3, 0.4) is 0 Å². The number of nitrogens with zero attached hydrogens (tertiary/aromatic N) is 1. The van der Waals surface area contributed by atoms with Crippen molar-refractivity contribution in [1.29, 1.82) is 0 Å². The molecule has 7 heteroatoms. The summed E-state index contributed by atoms with van der Waals surface area (Å²) in [5, 5.41) is 2.73. The molecule has 5 nitrogen and oxygen atoms in total. The molecule has 0 aliphatic rings. The van der Waals surface area contributed by atoms with Gasteiger partial charge in [-0.3, -0.25) is 4.79 Å². The van der Waals surface area contributed by atoms with Gasteiger partial charge in [0.2, 0.25) is 15.9 Å². The van der Waals surface area contributed by atoms with Crippen LogP contribution in [0.15, 0.2) is 47.4 Å². The summed E-state index contributed by atoms with van der Waals surface area (Å²) < 4.78 is 40.1. The van der Waals surface area contributed by atoms with Gasteiger partial charge >= 0.3 is 0 Å². The first-order chi connectivity index (χ1) is 12.8. The van der Waals surface area contributed by atoms with Gasteiger partial charge in [-0.1, -0.05) is 32.0 Å². The van der Waals surface area contributed by atoms with E-state index in [0.29, 0.717) is 30.8 Å². The van der Waals surface area contributed by atoms with Gasteiger partial charge in [-0.2, -0.15) is 4.31 Å². The molecule has 27 heavy (non-hydrogen) atoms. The minimum Gasteiger partial charge on any atom is -0.326 e. The third-order valence-corrected chi connectivity index (χ3v) is 6.52. The Hall–Kier alpha value is -2.25. The van der Waals surface area contributed by atoms with Gasteiger partial charge in [0.1, 0.15) is 5.82 Å². The molecule has 0 radical (unpaired) electrons. The number of amides is 1. The van der Waals surface area contributed by atoms with Crippen molar-refractivity contribution in [3.8, 4) is 0 Å². The standard InChI is InChI=1S/C20H25FN2O3S/c1-4-23(5-2)27(25,26)19-14-18(11-9-15(19)3)22-20(24)12-10-16-7-6-8-17(21)13-16/h6-9,11,13-14H,4-5,10,12H2,1-3H3,(H,22,24). The van der Waals surface area contributed by atoms with Crippen LogP contribution in [-0.4, -0.2) is 31.7 Å². The molecular formula is C20H25FN2O3S. The normalized spacial score (nSPS) is 11.6. The second kappa shape index (κ2) is 9.10. The van der Waals surface area contributed by atoms with Crippen molar-refractivity contribution < 1.29 is 17.6 Å². The predicted octanol–water partition coefficient (Wildman–Crippen LogP) is 3.74. The summed E-state index contributed by atoms with van der Waals surface area (Å²) in [4.78, 5) is 12.4. The highest BCUT2D eigenvalue weighted by molar-refractivity contribution is 7.89. The van der Waals surface area contributed by atoms with Gasteiger partial charge in [-0.25, -0.2) is 12.8 Å². The predicted molar refractivity (Wildman–Crippen MR) is 105 cm³/mol. The molecule has 0 unspecified atom stereocenters. The van der Waals surface area contributed by atoms with E-state index in [-0.39, 0.29) is 23.0 Å². The molecule has 0 saturated heterocycles. The van der Waals surface area contributed by atoms with E-state index in [1.54, 1.807) is 45.0 Å². The van der Waals surface area contributed by atoms with Crippen LogP contribution in [0.25, 0.3) is 0 Å². The number of benzene rings is 2. The van der Waals surface area contributed by atoms with E-state index >= 15 is 0 Å². The SMILES string of the molecule is CCN(CC)S(=O)(=O)c1cc(NC(=O)CCc2cccc(F)c2)ccc1C. The van der Waals surface area contributed by atoms with Crippen LogP contribution in [0.4, 0.5) is 10.1 Å². The average Bonchev–Trinajstić information content (AvgIpc) is 2.62. The van der Waals surface area contributed by atoms with E-state index in [4.69, 9.17) is 0 Å². The fraction of sp³-hybridized carbons (Fsp3) is 0.350. The molecule has 0 saturated carbocycles. The molecular weight excluding hydrogens is 367 g/mol. The third-order valence-electron chi connectivity index (χ3n) is 4.32. The molecule has 0 aliphatic heterocycles. The smallest absolute Gasteiger partial charge is 0.243 e. The van der Waals surface area contributed by atoms with Gasteiger partial charge in [-0.05, 0) is 48.7 Å². The number of halogens is 1. The van der Waals surface area contributed by atoms with Crippen LogP contribution in [-0.2, 0) is 21.2 Å². The van der Waals surface area contributed by atoms with E-state index in [0.717, 1.165) is 5.56 Å². The highest BCUT2D eigenvalue weighted by Crippen LogP contribution is 2.23. The number of sulfonamides is 1.